The molecule has 0 spiro atoms. The van der Waals surface area contributed by atoms with Crippen LogP contribution < -0.4 is 5.32 Å². The molecular formula is C15H20N2OS. The minimum absolute atomic E-state index is 0.0532. The van der Waals surface area contributed by atoms with Gasteiger partial charge < -0.3 is 10.2 Å². The van der Waals surface area contributed by atoms with E-state index in [0.29, 0.717) is 0 Å². The maximum Gasteiger partial charge on any atom is 0.261 e. The predicted molar refractivity (Wildman–Crippen MR) is 82.1 cm³/mol. The Morgan fingerprint density at radius 1 is 1.32 bits per heavy atom. The maximum atomic E-state index is 12.2. The van der Waals surface area contributed by atoms with Crippen LogP contribution in [0.1, 0.15) is 21.7 Å². The number of nitrogens with one attached hydrogen (secondary N) is 1. The molecule has 1 aromatic carbocycles. The lowest BCUT2D eigenvalue weighted by molar-refractivity contribution is 0.0956. The maximum absolute atomic E-state index is 12.2. The third-order valence-corrected chi connectivity index (χ3v) is 4.39. The van der Waals surface area contributed by atoms with E-state index in [1.54, 1.807) is 11.3 Å². The van der Waals surface area contributed by atoms with E-state index >= 15 is 0 Å². The molecule has 19 heavy (non-hydrogen) atoms. The highest BCUT2D eigenvalue weighted by molar-refractivity contribution is 7.21. The second-order valence-electron chi connectivity index (χ2n) is 4.97. The number of thiophene rings is 1. The van der Waals surface area contributed by atoms with E-state index in [-0.39, 0.29) is 5.91 Å². The van der Waals surface area contributed by atoms with Gasteiger partial charge in [0.25, 0.3) is 5.91 Å². The van der Waals surface area contributed by atoms with Crippen LogP contribution in [-0.4, -0.2) is 38.0 Å². The van der Waals surface area contributed by atoms with Gasteiger partial charge in [-0.25, -0.2) is 0 Å². The van der Waals surface area contributed by atoms with Crippen LogP contribution >= 0.6 is 11.3 Å². The Hall–Kier alpha value is -1.39. The van der Waals surface area contributed by atoms with Gasteiger partial charge in [-0.15, -0.1) is 11.3 Å². The fraction of sp³-hybridized carbons (Fsp3) is 0.400. The number of nitrogens with zero attached hydrogens (tertiary/aromatic N) is 1. The SMILES string of the molecule is Cc1c(C(=O)NCCCN(C)C)sc2ccccc12. The highest BCUT2D eigenvalue weighted by Gasteiger charge is 2.14. The van der Waals surface area contributed by atoms with Gasteiger partial charge in [0, 0.05) is 11.2 Å². The van der Waals surface area contributed by atoms with Gasteiger partial charge in [0.15, 0.2) is 0 Å². The van der Waals surface area contributed by atoms with Crippen molar-refractivity contribution in [3.05, 3.63) is 34.7 Å². The fourth-order valence-electron chi connectivity index (χ4n) is 2.07. The lowest BCUT2D eigenvalue weighted by Gasteiger charge is -2.09. The Bertz CT molecular complexity index is 575. The van der Waals surface area contributed by atoms with Crippen molar-refractivity contribution in [3.8, 4) is 0 Å². The molecule has 3 nitrogen and oxygen atoms in total. The van der Waals surface area contributed by atoms with Gasteiger partial charge in [-0.1, -0.05) is 18.2 Å². The zero-order valence-corrected chi connectivity index (χ0v) is 12.5. The average Bonchev–Trinajstić information content (AvgIpc) is 2.72. The van der Waals surface area contributed by atoms with Crippen molar-refractivity contribution < 1.29 is 4.79 Å². The summed E-state index contributed by atoms with van der Waals surface area (Å²) in [5.41, 5.74) is 1.09. The van der Waals surface area contributed by atoms with E-state index in [9.17, 15) is 4.79 Å². The molecule has 0 saturated heterocycles. The molecule has 2 aromatic rings. The van der Waals surface area contributed by atoms with Crippen molar-refractivity contribution in [2.45, 2.75) is 13.3 Å². The summed E-state index contributed by atoms with van der Waals surface area (Å²) in [6, 6.07) is 8.16. The van der Waals surface area contributed by atoms with Gasteiger partial charge in [-0.2, -0.15) is 0 Å². The lowest BCUT2D eigenvalue weighted by Crippen LogP contribution is -2.26. The van der Waals surface area contributed by atoms with Gasteiger partial charge in [0.1, 0.15) is 0 Å². The van der Waals surface area contributed by atoms with Crippen LogP contribution in [0.3, 0.4) is 0 Å². The summed E-state index contributed by atoms with van der Waals surface area (Å²) in [4.78, 5) is 15.1. The first-order valence-corrected chi connectivity index (χ1v) is 7.32. The zero-order chi connectivity index (χ0) is 13.8. The number of rotatable bonds is 5. The fourth-order valence-corrected chi connectivity index (χ4v) is 3.19. The second-order valence-corrected chi connectivity index (χ2v) is 6.02. The molecule has 0 aliphatic heterocycles. The summed E-state index contributed by atoms with van der Waals surface area (Å²) in [6.07, 6.45) is 0.975. The molecule has 0 aliphatic rings. The minimum atomic E-state index is 0.0532. The van der Waals surface area contributed by atoms with Gasteiger partial charge in [0.2, 0.25) is 0 Å². The van der Waals surface area contributed by atoms with Gasteiger partial charge >= 0.3 is 0 Å². The van der Waals surface area contributed by atoms with Crippen molar-refractivity contribution in [3.63, 3.8) is 0 Å². The summed E-state index contributed by atoms with van der Waals surface area (Å²) in [5, 5.41) is 4.19. The number of hydrogen-bond donors (Lipinski definition) is 1. The third-order valence-electron chi connectivity index (χ3n) is 3.12. The van der Waals surface area contributed by atoms with Crippen molar-refractivity contribution in [1.29, 1.82) is 0 Å². The van der Waals surface area contributed by atoms with Crippen molar-refractivity contribution in [2.24, 2.45) is 0 Å². The van der Waals surface area contributed by atoms with Crippen LogP contribution in [-0.2, 0) is 0 Å². The third kappa shape index (κ3) is 3.33. The Morgan fingerprint density at radius 3 is 2.74 bits per heavy atom. The van der Waals surface area contributed by atoms with E-state index in [2.05, 4.69) is 22.3 Å². The number of fused-ring (bicyclic) bond motifs is 1. The Morgan fingerprint density at radius 2 is 2.05 bits per heavy atom. The number of hydrogen-bond acceptors (Lipinski definition) is 3. The van der Waals surface area contributed by atoms with Gasteiger partial charge in [-0.3, -0.25) is 4.79 Å². The largest absolute Gasteiger partial charge is 0.351 e. The standard InChI is InChI=1S/C15H20N2OS/c1-11-12-7-4-5-8-13(12)19-14(11)15(18)16-9-6-10-17(2)3/h4-5,7-8H,6,9-10H2,1-3H3,(H,16,18). The summed E-state index contributed by atoms with van der Waals surface area (Å²) in [6.45, 7) is 3.74. The first kappa shape index (κ1) is 14.0. The summed E-state index contributed by atoms with van der Waals surface area (Å²) in [5.74, 6) is 0.0532. The summed E-state index contributed by atoms with van der Waals surface area (Å²) >= 11 is 1.57. The van der Waals surface area contributed by atoms with Crippen LogP contribution in [0.2, 0.25) is 0 Å². The monoisotopic (exact) mass is 276 g/mol. The molecule has 1 aromatic heterocycles. The number of amides is 1. The summed E-state index contributed by atoms with van der Waals surface area (Å²) in [7, 11) is 4.08. The smallest absolute Gasteiger partial charge is 0.261 e. The first-order chi connectivity index (χ1) is 9.09. The van der Waals surface area contributed by atoms with Gasteiger partial charge in [-0.05, 0) is 51.0 Å². The lowest BCUT2D eigenvalue weighted by atomic mass is 10.1. The van der Waals surface area contributed by atoms with Gasteiger partial charge in [0.05, 0.1) is 4.88 Å². The average molecular weight is 276 g/mol. The first-order valence-electron chi connectivity index (χ1n) is 6.50. The number of carbonyl (C=O) groups excluding carboxylic acids is 1. The van der Waals surface area contributed by atoms with E-state index in [1.165, 1.54) is 10.1 Å². The quantitative estimate of drug-likeness (QED) is 0.852. The van der Waals surface area contributed by atoms with Crippen LogP contribution in [0.15, 0.2) is 24.3 Å². The van der Waals surface area contributed by atoms with Crippen LogP contribution in [0, 0.1) is 6.92 Å². The number of benzene rings is 1. The molecule has 0 fully saturated rings. The number of aryl methyl sites for hydroxylation is 1. The molecule has 1 N–H and O–H groups in total. The van der Waals surface area contributed by atoms with E-state index < -0.39 is 0 Å². The van der Waals surface area contributed by atoms with Crippen molar-refractivity contribution in [2.75, 3.05) is 27.2 Å². The van der Waals surface area contributed by atoms with Crippen LogP contribution in [0.4, 0.5) is 0 Å². The molecule has 0 radical (unpaired) electrons. The second kappa shape index (κ2) is 6.17. The predicted octanol–water partition coefficient (Wildman–Crippen LogP) is 2.89. The number of carbonyl (C=O) groups is 1. The van der Waals surface area contributed by atoms with E-state index in [0.717, 1.165) is 30.0 Å². The molecule has 0 unspecified atom stereocenters. The minimum Gasteiger partial charge on any atom is -0.351 e. The molecule has 0 saturated carbocycles. The topological polar surface area (TPSA) is 32.3 Å². The van der Waals surface area contributed by atoms with Crippen LogP contribution in [0.5, 0.6) is 0 Å². The highest BCUT2D eigenvalue weighted by Crippen LogP contribution is 2.30. The normalized spacial score (nSPS) is 11.2. The molecular weight excluding hydrogens is 256 g/mol. The molecule has 2 rings (SSSR count). The highest BCUT2D eigenvalue weighted by atomic mass is 32.1. The van der Waals surface area contributed by atoms with E-state index in [4.69, 9.17) is 0 Å². The molecule has 0 aliphatic carbocycles. The molecule has 1 heterocycles. The molecule has 0 bridgehead atoms. The van der Waals surface area contributed by atoms with Crippen LogP contribution in [0.25, 0.3) is 10.1 Å². The van der Waals surface area contributed by atoms with Crippen molar-refractivity contribution >= 4 is 27.3 Å². The van der Waals surface area contributed by atoms with Crippen molar-refractivity contribution in [1.82, 2.24) is 10.2 Å². The molecule has 0 atom stereocenters. The van der Waals surface area contributed by atoms with E-state index in [1.807, 2.05) is 33.2 Å². The zero-order valence-electron chi connectivity index (χ0n) is 11.7. The summed E-state index contributed by atoms with van der Waals surface area (Å²) < 4.78 is 1.18. The molecule has 4 heteroatoms. The Kier molecular flexibility index (Phi) is 4.56. The Labute approximate surface area is 118 Å². The Balaban J connectivity index is 2.03. The molecule has 102 valence electrons. The molecule has 1 amide bonds.